The molecule has 0 aliphatic rings. The lowest BCUT2D eigenvalue weighted by atomic mass is 10.2. The quantitative estimate of drug-likeness (QED) is 0.776. The van der Waals surface area contributed by atoms with Crippen molar-refractivity contribution >= 4 is 0 Å². The minimum Gasteiger partial charge on any atom is -0.394 e. The minimum atomic E-state index is -0.0325. The van der Waals surface area contributed by atoms with Gasteiger partial charge in [0.15, 0.2) is 0 Å². The van der Waals surface area contributed by atoms with E-state index in [1.165, 1.54) is 0 Å². The van der Waals surface area contributed by atoms with E-state index in [0.29, 0.717) is 12.1 Å². The van der Waals surface area contributed by atoms with Gasteiger partial charge in [0.2, 0.25) is 0 Å². The van der Waals surface area contributed by atoms with Crippen molar-refractivity contribution in [2.75, 3.05) is 6.61 Å². The Morgan fingerprint density at radius 1 is 1.40 bits per heavy atom. The van der Waals surface area contributed by atoms with Crippen molar-refractivity contribution in [2.45, 2.75) is 45.8 Å². The predicted octanol–water partition coefficient (Wildman–Crippen LogP) is 1.50. The van der Waals surface area contributed by atoms with Gasteiger partial charge in [-0.15, -0.1) is 0 Å². The molecule has 0 bridgehead atoms. The smallest absolute Gasteiger partial charge is 0.0951 e. The molecule has 0 spiro atoms. The summed E-state index contributed by atoms with van der Waals surface area (Å²) in [6.07, 6.45) is 3.63. The van der Waals surface area contributed by atoms with Crippen molar-refractivity contribution < 1.29 is 5.11 Å². The van der Waals surface area contributed by atoms with Crippen molar-refractivity contribution in [1.82, 2.24) is 14.9 Å². The van der Waals surface area contributed by atoms with Crippen LogP contribution in [0.2, 0.25) is 0 Å². The van der Waals surface area contributed by atoms with E-state index >= 15 is 0 Å². The van der Waals surface area contributed by atoms with Gasteiger partial charge in [0.05, 0.1) is 24.7 Å². The number of aliphatic hydroxyl groups is 1. The van der Waals surface area contributed by atoms with Crippen LogP contribution < -0.4 is 5.32 Å². The van der Waals surface area contributed by atoms with Gasteiger partial charge in [0.25, 0.3) is 0 Å². The van der Waals surface area contributed by atoms with Gasteiger partial charge in [-0.05, 0) is 13.8 Å². The molecule has 1 aromatic rings. The van der Waals surface area contributed by atoms with Crippen LogP contribution >= 0.6 is 0 Å². The molecule has 4 heteroatoms. The molecule has 15 heavy (non-hydrogen) atoms. The number of nitrogens with zero attached hydrogens (tertiary/aromatic N) is 2. The summed E-state index contributed by atoms with van der Waals surface area (Å²) in [5, 5.41) is 12.7. The van der Waals surface area contributed by atoms with Gasteiger partial charge in [0, 0.05) is 18.3 Å². The maximum atomic E-state index is 9.35. The number of hydrogen-bond acceptors (Lipinski definition) is 3. The molecule has 86 valence electrons. The Kier molecular flexibility index (Phi) is 4.29. The number of nitrogens with one attached hydrogen (secondary N) is 1. The molecular weight excluding hydrogens is 190 g/mol. The molecular formula is C11H21N3O. The number of imidazole rings is 1. The zero-order valence-electron chi connectivity index (χ0n) is 9.94. The molecule has 1 unspecified atom stereocenters. The van der Waals surface area contributed by atoms with Gasteiger partial charge in [-0.2, -0.15) is 0 Å². The number of aromatic nitrogens is 2. The zero-order valence-corrected chi connectivity index (χ0v) is 9.94. The second-order valence-corrected chi connectivity index (χ2v) is 4.38. The second kappa shape index (κ2) is 5.28. The standard InChI is InChI=1S/C11H21N3O/c1-8(2)13-10(6-15)11-5-12-7-14(11)9(3)4/h5,7-10,13,15H,6H2,1-4H3. The fourth-order valence-electron chi connectivity index (χ4n) is 1.65. The van der Waals surface area contributed by atoms with Crippen LogP contribution in [0.4, 0.5) is 0 Å². The number of rotatable bonds is 5. The molecule has 0 aliphatic carbocycles. The Hall–Kier alpha value is -0.870. The first kappa shape index (κ1) is 12.2. The Morgan fingerprint density at radius 2 is 2.07 bits per heavy atom. The van der Waals surface area contributed by atoms with E-state index in [9.17, 15) is 5.11 Å². The molecule has 0 saturated carbocycles. The van der Waals surface area contributed by atoms with E-state index in [4.69, 9.17) is 0 Å². The molecule has 0 saturated heterocycles. The van der Waals surface area contributed by atoms with Gasteiger partial charge in [-0.25, -0.2) is 4.98 Å². The summed E-state index contributed by atoms with van der Waals surface area (Å²) in [6.45, 7) is 8.44. The van der Waals surface area contributed by atoms with Crippen molar-refractivity contribution in [3.63, 3.8) is 0 Å². The van der Waals surface area contributed by atoms with Gasteiger partial charge in [-0.3, -0.25) is 0 Å². The summed E-state index contributed by atoms with van der Waals surface area (Å²) >= 11 is 0. The summed E-state index contributed by atoms with van der Waals surface area (Å²) in [5.41, 5.74) is 1.04. The third-order valence-electron chi connectivity index (χ3n) is 2.33. The second-order valence-electron chi connectivity index (χ2n) is 4.38. The molecule has 0 radical (unpaired) electrons. The van der Waals surface area contributed by atoms with Gasteiger partial charge < -0.3 is 15.0 Å². The SMILES string of the molecule is CC(C)NC(CO)c1cncn1C(C)C. The summed E-state index contributed by atoms with van der Waals surface area (Å²) in [7, 11) is 0. The molecule has 1 rings (SSSR count). The van der Waals surface area contributed by atoms with Crippen LogP contribution in [0.5, 0.6) is 0 Å². The van der Waals surface area contributed by atoms with Gasteiger partial charge >= 0.3 is 0 Å². The fraction of sp³-hybridized carbons (Fsp3) is 0.727. The van der Waals surface area contributed by atoms with E-state index in [2.05, 4.69) is 42.6 Å². The maximum Gasteiger partial charge on any atom is 0.0951 e. The molecule has 0 fully saturated rings. The Morgan fingerprint density at radius 3 is 2.53 bits per heavy atom. The molecule has 0 amide bonds. The lowest BCUT2D eigenvalue weighted by Gasteiger charge is -2.22. The van der Waals surface area contributed by atoms with Crippen LogP contribution in [0.25, 0.3) is 0 Å². The number of aliphatic hydroxyl groups excluding tert-OH is 1. The van der Waals surface area contributed by atoms with Gasteiger partial charge in [-0.1, -0.05) is 13.8 Å². The Bertz CT molecular complexity index is 294. The minimum absolute atomic E-state index is 0.0325. The highest BCUT2D eigenvalue weighted by Crippen LogP contribution is 2.17. The largest absolute Gasteiger partial charge is 0.394 e. The van der Waals surface area contributed by atoms with Crippen LogP contribution in [0.3, 0.4) is 0 Å². The highest BCUT2D eigenvalue weighted by Gasteiger charge is 2.16. The van der Waals surface area contributed by atoms with Crippen LogP contribution in [0.15, 0.2) is 12.5 Å². The first-order chi connectivity index (χ1) is 7.06. The van der Waals surface area contributed by atoms with Crippen molar-refractivity contribution in [1.29, 1.82) is 0 Å². The first-order valence-corrected chi connectivity index (χ1v) is 5.44. The lowest BCUT2D eigenvalue weighted by Crippen LogP contribution is -2.32. The molecule has 1 heterocycles. The Balaban J connectivity index is 2.86. The molecule has 0 aromatic carbocycles. The lowest BCUT2D eigenvalue weighted by molar-refractivity contribution is 0.230. The average molecular weight is 211 g/mol. The molecule has 2 N–H and O–H groups in total. The predicted molar refractivity (Wildman–Crippen MR) is 60.7 cm³/mol. The van der Waals surface area contributed by atoms with Crippen LogP contribution in [0, 0.1) is 0 Å². The van der Waals surface area contributed by atoms with Crippen LogP contribution in [0.1, 0.15) is 45.5 Å². The number of hydrogen-bond donors (Lipinski definition) is 2. The van der Waals surface area contributed by atoms with Gasteiger partial charge in [0.1, 0.15) is 0 Å². The molecule has 1 aromatic heterocycles. The maximum absolute atomic E-state index is 9.35. The first-order valence-electron chi connectivity index (χ1n) is 5.44. The fourth-order valence-corrected chi connectivity index (χ4v) is 1.65. The van der Waals surface area contributed by atoms with E-state index in [-0.39, 0.29) is 12.6 Å². The zero-order chi connectivity index (χ0) is 11.4. The van der Waals surface area contributed by atoms with Crippen molar-refractivity contribution in [2.24, 2.45) is 0 Å². The van der Waals surface area contributed by atoms with E-state index in [0.717, 1.165) is 5.69 Å². The third kappa shape index (κ3) is 3.04. The van der Waals surface area contributed by atoms with E-state index in [1.807, 2.05) is 12.5 Å². The summed E-state index contributed by atoms with van der Waals surface area (Å²) in [5.74, 6) is 0. The molecule has 4 nitrogen and oxygen atoms in total. The normalized spacial score (nSPS) is 13.8. The summed E-state index contributed by atoms with van der Waals surface area (Å²) < 4.78 is 2.08. The monoisotopic (exact) mass is 211 g/mol. The topological polar surface area (TPSA) is 50.1 Å². The molecule has 0 aliphatic heterocycles. The van der Waals surface area contributed by atoms with Crippen LogP contribution in [-0.2, 0) is 0 Å². The highest BCUT2D eigenvalue weighted by atomic mass is 16.3. The van der Waals surface area contributed by atoms with E-state index in [1.54, 1.807) is 0 Å². The Labute approximate surface area is 91.3 Å². The highest BCUT2D eigenvalue weighted by molar-refractivity contribution is 5.06. The molecule has 1 atom stereocenters. The van der Waals surface area contributed by atoms with Crippen LogP contribution in [-0.4, -0.2) is 27.3 Å². The third-order valence-corrected chi connectivity index (χ3v) is 2.33. The van der Waals surface area contributed by atoms with Crippen molar-refractivity contribution in [3.05, 3.63) is 18.2 Å². The summed E-state index contributed by atoms with van der Waals surface area (Å²) in [4.78, 5) is 4.13. The summed E-state index contributed by atoms with van der Waals surface area (Å²) in [6, 6.07) is 0.679. The average Bonchev–Trinajstić information content (AvgIpc) is 2.62. The van der Waals surface area contributed by atoms with Crippen molar-refractivity contribution in [3.8, 4) is 0 Å². The van der Waals surface area contributed by atoms with E-state index < -0.39 is 0 Å².